The van der Waals surface area contributed by atoms with Crippen LogP contribution in [0.25, 0.3) is 0 Å². The van der Waals surface area contributed by atoms with Crippen LogP contribution in [0.4, 0.5) is 0 Å². The van der Waals surface area contributed by atoms with E-state index in [-0.39, 0.29) is 6.79 Å². The first-order valence-electron chi connectivity index (χ1n) is 4.01. The first-order chi connectivity index (χ1) is 6.20. The van der Waals surface area contributed by atoms with Gasteiger partial charge in [-0.2, -0.15) is 0 Å². The van der Waals surface area contributed by atoms with Gasteiger partial charge in [0.1, 0.15) is 31.2 Å². The van der Waals surface area contributed by atoms with Gasteiger partial charge in [-0.15, -0.1) is 0 Å². The standard InChI is InChI=1S/C7H14O6/c8-1-4(10)6-7(5(11)2-9)13-3-12-6/h4-11H,1-3H2/t4-,5-,6-,7-/m1/s1. The number of aliphatic hydroxyl groups excluding tert-OH is 4. The molecular formula is C7H14O6. The van der Waals surface area contributed by atoms with Crippen LogP contribution in [0.15, 0.2) is 0 Å². The fourth-order valence-electron chi connectivity index (χ4n) is 1.25. The van der Waals surface area contributed by atoms with Crippen molar-refractivity contribution in [1.82, 2.24) is 0 Å². The molecule has 0 aromatic rings. The Labute approximate surface area is 75.3 Å². The number of rotatable bonds is 4. The summed E-state index contributed by atoms with van der Waals surface area (Å²) in [6.07, 6.45) is -3.78. The predicted molar refractivity (Wildman–Crippen MR) is 40.8 cm³/mol. The Bertz CT molecular complexity index is 136. The molecule has 0 amide bonds. The second-order valence-electron chi connectivity index (χ2n) is 2.88. The van der Waals surface area contributed by atoms with Gasteiger partial charge in [0.25, 0.3) is 0 Å². The summed E-state index contributed by atoms with van der Waals surface area (Å²) < 4.78 is 9.88. The topological polar surface area (TPSA) is 99.4 Å². The molecule has 0 aromatic heterocycles. The van der Waals surface area contributed by atoms with Gasteiger partial charge in [-0.25, -0.2) is 0 Å². The molecule has 0 bridgehead atoms. The quantitative estimate of drug-likeness (QED) is 0.393. The Balaban J connectivity index is 2.52. The van der Waals surface area contributed by atoms with Crippen molar-refractivity contribution in [2.24, 2.45) is 0 Å². The number of hydrogen-bond donors (Lipinski definition) is 4. The van der Waals surface area contributed by atoms with Crippen molar-refractivity contribution in [3.05, 3.63) is 0 Å². The van der Waals surface area contributed by atoms with Gasteiger partial charge in [0, 0.05) is 0 Å². The lowest BCUT2D eigenvalue weighted by Crippen LogP contribution is -2.45. The first-order valence-corrected chi connectivity index (χ1v) is 4.01. The van der Waals surface area contributed by atoms with E-state index in [0.717, 1.165) is 0 Å². The van der Waals surface area contributed by atoms with Crippen LogP contribution in [0, 0.1) is 0 Å². The SMILES string of the molecule is OC[C@@H](O)[C@H]1OCO[C@@H]1[C@H](O)CO. The van der Waals surface area contributed by atoms with Crippen molar-refractivity contribution < 1.29 is 29.9 Å². The van der Waals surface area contributed by atoms with Crippen molar-refractivity contribution in [2.75, 3.05) is 20.0 Å². The average Bonchev–Trinajstić information content (AvgIpc) is 2.63. The number of ether oxygens (including phenoxy) is 2. The van der Waals surface area contributed by atoms with E-state index in [9.17, 15) is 10.2 Å². The third-order valence-corrected chi connectivity index (χ3v) is 1.98. The van der Waals surface area contributed by atoms with E-state index in [1.165, 1.54) is 0 Å². The smallest absolute Gasteiger partial charge is 0.148 e. The molecule has 4 atom stereocenters. The minimum Gasteiger partial charge on any atom is -0.394 e. The van der Waals surface area contributed by atoms with Gasteiger partial charge in [0.05, 0.1) is 13.2 Å². The number of hydrogen-bond acceptors (Lipinski definition) is 6. The zero-order valence-electron chi connectivity index (χ0n) is 7.04. The normalized spacial score (nSPS) is 33.2. The van der Waals surface area contributed by atoms with Crippen molar-refractivity contribution in [3.63, 3.8) is 0 Å². The summed E-state index contributed by atoms with van der Waals surface area (Å²) in [6.45, 7) is -0.991. The van der Waals surface area contributed by atoms with Gasteiger partial charge < -0.3 is 29.9 Å². The summed E-state index contributed by atoms with van der Waals surface area (Å²) in [5.74, 6) is 0. The highest BCUT2D eigenvalue weighted by atomic mass is 16.7. The lowest BCUT2D eigenvalue weighted by Gasteiger charge is -2.23. The zero-order valence-corrected chi connectivity index (χ0v) is 7.04. The molecule has 0 unspecified atom stereocenters. The molecular weight excluding hydrogens is 180 g/mol. The van der Waals surface area contributed by atoms with Gasteiger partial charge in [0.2, 0.25) is 0 Å². The molecule has 1 heterocycles. The molecule has 13 heavy (non-hydrogen) atoms. The highest BCUT2D eigenvalue weighted by molar-refractivity contribution is 4.85. The second-order valence-corrected chi connectivity index (χ2v) is 2.88. The largest absolute Gasteiger partial charge is 0.394 e. The molecule has 0 radical (unpaired) electrons. The average molecular weight is 194 g/mol. The van der Waals surface area contributed by atoms with E-state index in [0.29, 0.717) is 0 Å². The Kier molecular flexibility index (Phi) is 4.04. The van der Waals surface area contributed by atoms with Crippen LogP contribution in [0.3, 0.4) is 0 Å². The van der Waals surface area contributed by atoms with Crippen LogP contribution in [0.2, 0.25) is 0 Å². The molecule has 6 heteroatoms. The Morgan fingerprint density at radius 2 is 1.38 bits per heavy atom. The van der Waals surface area contributed by atoms with Crippen molar-refractivity contribution >= 4 is 0 Å². The van der Waals surface area contributed by atoms with E-state index in [1.807, 2.05) is 0 Å². The summed E-state index contributed by atoms with van der Waals surface area (Å²) in [7, 11) is 0. The lowest BCUT2D eigenvalue weighted by atomic mass is 10.0. The van der Waals surface area contributed by atoms with E-state index < -0.39 is 37.6 Å². The van der Waals surface area contributed by atoms with E-state index in [1.54, 1.807) is 0 Å². The molecule has 6 nitrogen and oxygen atoms in total. The van der Waals surface area contributed by atoms with Crippen LogP contribution >= 0.6 is 0 Å². The van der Waals surface area contributed by atoms with Crippen LogP contribution in [0.5, 0.6) is 0 Å². The fraction of sp³-hybridized carbons (Fsp3) is 1.00. The van der Waals surface area contributed by atoms with Crippen molar-refractivity contribution in [1.29, 1.82) is 0 Å². The molecule has 1 saturated heterocycles. The van der Waals surface area contributed by atoms with Gasteiger partial charge in [0.15, 0.2) is 0 Å². The lowest BCUT2D eigenvalue weighted by molar-refractivity contribution is -0.0640. The minimum atomic E-state index is -1.10. The third-order valence-electron chi connectivity index (χ3n) is 1.98. The summed E-state index contributed by atoms with van der Waals surface area (Å²) in [6, 6.07) is 0. The fourth-order valence-corrected chi connectivity index (χ4v) is 1.25. The molecule has 4 N–H and O–H groups in total. The summed E-state index contributed by atoms with van der Waals surface area (Å²) in [5, 5.41) is 35.7. The number of aliphatic hydroxyl groups is 4. The van der Waals surface area contributed by atoms with E-state index in [4.69, 9.17) is 19.7 Å². The molecule has 1 fully saturated rings. The molecule has 0 aromatic carbocycles. The molecule has 78 valence electrons. The van der Waals surface area contributed by atoms with Gasteiger partial charge in [-0.1, -0.05) is 0 Å². The van der Waals surface area contributed by atoms with Crippen LogP contribution in [-0.2, 0) is 9.47 Å². The van der Waals surface area contributed by atoms with Crippen LogP contribution < -0.4 is 0 Å². The van der Waals surface area contributed by atoms with Crippen LogP contribution in [-0.4, -0.2) is 64.8 Å². The predicted octanol–water partition coefficient (Wildman–Crippen LogP) is -2.57. The van der Waals surface area contributed by atoms with Gasteiger partial charge in [-0.3, -0.25) is 0 Å². The Hall–Kier alpha value is -0.240. The highest BCUT2D eigenvalue weighted by Gasteiger charge is 2.39. The summed E-state index contributed by atoms with van der Waals surface area (Å²) >= 11 is 0. The summed E-state index contributed by atoms with van der Waals surface area (Å²) in [5.41, 5.74) is 0. The van der Waals surface area contributed by atoms with Crippen molar-refractivity contribution in [3.8, 4) is 0 Å². The third kappa shape index (κ3) is 2.37. The van der Waals surface area contributed by atoms with Crippen molar-refractivity contribution in [2.45, 2.75) is 24.4 Å². The monoisotopic (exact) mass is 194 g/mol. The van der Waals surface area contributed by atoms with Gasteiger partial charge >= 0.3 is 0 Å². The molecule has 1 rings (SSSR count). The van der Waals surface area contributed by atoms with Gasteiger partial charge in [-0.05, 0) is 0 Å². The maximum Gasteiger partial charge on any atom is 0.148 e. The molecule has 1 aliphatic rings. The molecule has 1 aliphatic heterocycles. The first kappa shape index (κ1) is 10.8. The second kappa shape index (κ2) is 4.85. The highest BCUT2D eigenvalue weighted by Crippen LogP contribution is 2.19. The maximum atomic E-state index is 9.22. The molecule has 0 spiro atoms. The van der Waals surface area contributed by atoms with E-state index in [2.05, 4.69) is 0 Å². The van der Waals surface area contributed by atoms with E-state index >= 15 is 0 Å². The Morgan fingerprint density at radius 3 is 1.69 bits per heavy atom. The van der Waals surface area contributed by atoms with Crippen LogP contribution in [0.1, 0.15) is 0 Å². The molecule has 0 saturated carbocycles. The Morgan fingerprint density at radius 1 is 1.00 bits per heavy atom. The molecule has 0 aliphatic carbocycles. The maximum absolute atomic E-state index is 9.22. The minimum absolute atomic E-state index is 0.0521. The zero-order chi connectivity index (χ0) is 9.84. The summed E-state index contributed by atoms with van der Waals surface area (Å²) in [4.78, 5) is 0.